The molecule has 0 aliphatic heterocycles. The Balaban J connectivity index is 2.56. The number of anilines is 1. The molecule has 0 bridgehead atoms. The normalized spacial score (nSPS) is 10.1. The molecule has 0 aromatic heterocycles. The molecule has 6 nitrogen and oxygen atoms in total. The van der Waals surface area contributed by atoms with E-state index in [-0.39, 0.29) is 12.1 Å². The van der Waals surface area contributed by atoms with Gasteiger partial charge in [-0.15, -0.1) is 0 Å². The molecule has 18 heavy (non-hydrogen) atoms. The first kappa shape index (κ1) is 14.0. The number of unbranched alkanes of at least 4 members (excludes halogenated alkanes) is 1. The van der Waals surface area contributed by atoms with Crippen LogP contribution in [0.4, 0.5) is 11.4 Å². The second kappa shape index (κ2) is 6.58. The molecule has 0 atom stereocenters. The lowest BCUT2D eigenvalue weighted by Gasteiger charge is -2.09. The van der Waals surface area contributed by atoms with Crippen molar-refractivity contribution in [2.75, 3.05) is 11.9 Å². The van der Waals surface area contributed by atoms with Crippen molar-refractivity contribution in [3.63, 3.8) is 0 Å². The topological polar surface area (TPSA) is 92.5 Å². The summed E-state index contributed by atoms with van der Waals surface area (Å²) >= 11 is 0. The standard InChI is InChI=1S/C12H16N2O4/c1-9-5-4-6-10(14(17)18)12(9)13-8-3-2-7-11(15)16/h4-6,13H,2-3,7-8H2,1H3,(H,15,16). The lowest BCUT2D eigenvalue weighted by Crippen LogP contribution is -2.06. The number of aryl methyl sites for hydroxylation is 1. The van der Waals surface area contributed by atoms with Crippen molar-refractivity contribution in [1.82, 2.24) is 0 Å². The molecular weight excluding hydrogens is 236 g/mol. The molecule has 6 heteroatoms. The summed E-state index contributed by atoms with van der Waals surface area (Å²) in [5.41, 5.74) is 1.37. The molecule has 0 spiro atoms. The first-order valence-corrected chi connectivity index (χ1v) is 5.72. The van der Waals surface area contributed by atoms with Crippen LogP contribution in [0.2, 0.25) is 0 Å². The number of nitrogens with one attached hydrogen (secondary N) is 1. The zero-order valence-corrected chi connectivity index (χ0v) is 10.2. The molecule has 0 unspecified atom stereocenters. The van der Waals surface area contributed by atoms with Crippen molar-refractivity contribution < 1.29 is 14.8 Å². The van der Waals surface area contributed by atoms with Crippen molar-refractivity contribution in [2.45, 2.75) is 26.2 Å². The van der Waals surface area contributed by atoms with Crippen LogP contribution >= 0.6 is 0 Å². The summed E-state index contributed by atoms with van der Waals surface area (Å²) in [7, 11) is 0. The van der Waals surface area contributed by atoms with Crippen LogP contribution in [0, 0.1) is 17.0 Å². The fourth-order valence-corrected chi connectivity index (χ4v) is 1.65. The number of hydrogen-bond donors (Lipinski definition) is 2. The molecule has 0 heterocycles. The predicted molar refractivity (Wildman–Crippen MR) is 67.8 cm³/mol. The third-order valence-electron chi connectivity index (χ3n) is 2.57. The van der Waals surface area contributed by atoms with Gasteiger partial charge in [0.15, 0.2) is 0 Å². The highest BCUT2D eigenvalue weighted by Crippen LogP contribution is 2.27. The molecule has 1 rings (SSSR count). The number of carboxylic acid groups (broad SMARTS) is 1. The summed E-state index contributed by atoms with van der Waals surface area (Å²) in [4.78, 5) is 20.7. The van der Waals surface area contributed by atoms with E-state index in [4.69, 9.17) is 5.11 Å². The van der Waals surface area contributed by atoms with Gasteiger partial charge in [0, 0.05) is 19.0 Å². The van der Waals surface area contributed by atoms with Crippen molar-refractivity contribution in [2.24, 2.45) is 0 Å². The van der Waals surface area contributed by atoms with Crippen molar-refractivity contribution >= 4 is 17.3 Å². The number of rotatable bonds is 7. The number of para-hydroxylation sites is 1. The number of carbonyl (C=O) groups is 1. The van der Waals surface area contributed by atoms with E-state index < -0.39 is 10.9 Å². The fraction of sp³-hybridized carbons (Fsp3) is 0.417. The summed E-state index contributed by atoms with van der Waals surface area (Å²) < 4.78 is 0. The predicted octanol–water partition coefficient (Wildman–Crippen LogP) is 2.57. The van der Waals surface area contributed by atoms with E-state index in [1.54, 1.807) is 19.1 Å². The first-order valence-electron chi connectivity index (χ1n) is 5.72. The lowest BCUT2D eigenvalue weighted by molar-refractivity contribution is -0.384. The van der Waals surface area contributed by atoms with E-state index in [0.717, 1.165) is 5.56 Å². The highest BCUT2D eigenvalue weighted by molar-refractivity contribution is 5.67. The monoisotopic (exact) mass is 252 g/mol. The highest BCUT2D eigenvalue weighted by atomic mass is 16.6. The van der Waals surface area contributed by atoms with Gasteiger partial charge in [-0.2, -0.15) is 0 Å². The maximum Gasteiger partial charge on any atom is 0.303 e. The summed E-state index contributed by atoms with van der Waals surface area (Å²) in [6, 6.07) is 4.89. The fourth-order valence-electron chi connectivity index (χ4n) is 1.65. The molecule has 98 valence electrons. The van der Waals surface area contributed by atoms with Crippen molar-refractivity contribution in [3.05, 3.63) is 33.9 Å². The molecular formula is C12H16N2O4. The Kier molecular flexibility index (Phi) is 5.10. The number of aliphatic carboxylic acids is 1. The van der Waals surface area contributed by atoms with Gasteiger partial charge in [-0.1, -0.05) is 12.1 Å². The van der Waals surface area contributed by atoms with Gasteiger partial charge >= 0.3 is 5.97 Å². The van der Waals surface area contributed by atoms with Gasteiger partial charge in [0.25, 0.3) is 5.69 Å². The molecule has 0 saturated carbocycles. The Morgan fingerprint density at radius 3 is 2.78 bits per heavy atom. The second-order valence-corrected chi connectivity index (χ2v) is 4.00. The van der Waals surface area contributed by atoms with Crippen LogP contribution in [0.1, 0.15) is 24.8 Å². The molecule has 0 fully saturated rings. The Morgan fingerprint density at radius 2 is 2.17 bits per heavy atom. The number of nitro benzene ring substituents is 1. The van der Waals surface area contributed by atoms with Crippen LogP contribution in [0.3, 0.4) is 0 Å². The Hall–Kier alpha value is -2.11. The van der Waals surface area contributed by atoms with Crippen LogP contribution in [0.5, 0.6) is 0 Å². The molecule has 0 amide bonds. The minimum Gasteiger partial charge on any atom is -0.481 e. The molecule has 0 radical (unpaired) electrons. The Labute approximate surface area is 105 Å². The third-order valence-corrected chi connectivity index (χ3v) is 2.57. The van der Waals surface area contributed by atoms with Gasteiger partial charge in [0.05, 0.1) is 4.92 Å². The average Bonchev–Trinajstić information content (AvgIpc) is 2.29. The average molecular weight is 252 g/mol. The van der Waals surface area contributed by atoms with Gasteiger partial charge < -0.3 is 10.4 Å². The van der Waals surface area contributed by atoms with Crippen LogP contribution in [0.25, 0.3) is 0 Å². The number of benzene rings is 1. The van der Waals surface area contributed by atoms with Gasteiger partial charge in [0.2, 0.25) is 0 Å². The minimum absolute atomic E-state index is 0.0493. The number of hydrogen-bond acceptors (Lipinski definition) is 4. The van der Waals surface area contributed by atoms with Crippen LogP contribution in [0.15, 0.2) is 18.2 Å². The van der Waals surface area contributed by atoms with E-state index in [1.165, 1.54) is 6.07 Å². The second-order valence-electron chi connectivity index (χ2n) is 4.00. The smallest absolute Gasteiger partial charge is 0.303 e. The van der Waals surface area contributed by atoms with E-state index >= 15 is 0 Å². The van der Waals surface area contributed by atoms with Crippen LogP contribution in [-0.2, 0) is 4.79 Å². The van der Waals surface area contributed by atoms with Gasteiger partial charge in [-0.05, 0) is 25.3 Å². The Morgan fingerprint density at radius 1 is 1.44 bits per heavy atom. The lowest BCUT2D eigenvalue weighted by atomic mass is 10.1. The van der Waals surface area contributed by atoms with Gasteiger partial charge in [-0.3, -0.25) is 14.9 Å². The van der Waals surface area contributed by atoms with Crippen molar-refractivity contribution in [3.8, 4) is 0 Å². The highest BCUT2D eigenvalue weighted by Gasteiger charge is 2.14. The van der Waals surface area contributed by atoms with E-state index in [0.29, 0.717) is 25.1 Å². The summed E-state index contributed by atoms with van der Waals surface area (Å²) in [6.45, 7) is 2.32. The Bertz CT molecular complexity index is 446. The van der Waals surface area contributed by atoms with E-state index in [1.807, 2.05) is 0 Å². The summed E-state index contributed by atoms with van der Waals surface area (Å²) in [5, 5.41) is 22.3. The summed E-state index contributed by atoms with van der Waals surface area (Å²) in [5.74, 6) is -0.822. The number of nitro groups is 1. The third kappa shape index (κ3) is 4.04. The minimum atomic E-state index is -0.822. The first-order chi connectivity index (χ1) is 8.52. The van der Waals surface area contributed by atoms with E-state index in [9.17, 15) is 14.9 Å². The van der Waals surface area contributed by atoms with Gasteiger partial charge in [0.1, 0.15) is 5.69 Å². The molecule has 0 aliphatic carbocycles. The molecule has 1 aromatic carbocycles. The molecule has 0 aliphatic rings. The maximum atomic E-state index is 10.8. The largest absolute Gasteiger partial charge is 0.481 e. The zero-order chi connectivity index (χ0) is 13.5. The number of carboxylic acids is 1. The van der Waals surface area contributed by atoms with Crippen molar-refractivity contribution in [1.29, 1.82) is 0 Å². The SMILES string of the molecule is Cc1cccc([N+](=O)[O-])c1NCCCCC(=O)O. The molecule has 1 aromatic rings. The van der Waals surface area contributed by atoms with Crippen LogP contribution in [-0.4, -0.2) is 22.5 Å². The summed E-state index contributed by atoms with van der Waals surface area (Å²) in [6.07, 6.45) is 1.34. The molecule has 2 N–H and O–H groups in total. The number of nitrogens with zero attached hydrogens (tertiary/aromatic N) is 1. The van der Waals surface area contributed by atoms with Crippen LogP contribution < -0.4 is 5.32 Å². The van der Waals surface area contributed by atoms with Gasteiger partial charge in [-0.25, -0.2) is 0 Å². The molecule has 0 saturated heterocycles. The maximum absolute atomic E-state index is 10.8. The zero-order valence-electron chi connectivity index (χ0n) is 10.2. The quantitative estimate of drug-likeness (QED) is 0.442. The van der Waals surface area contributed by atoms with E-state index in [2.05, 4.69) is 5.32 Å².